The Kier molecular flexibility index (Phi) is 8.73. The lowest BCUT2D eigenvalue weighted by molar-refractivity contribution is 0.306. The third-order valence-corrected chi connectivity index (χ3v) is 4.07. The molecular weight excluding hydrogens is 467 g/mol. The van der Waals surface area contributed by atoms with E-state index < -0.39 is 0 Å². The molecule has 0 atom stereocenters. The van der Waals surface area contributed by atoms with E-state index >= 15 is 0 Å². The van der Waals surface area contributed by atoms with Crippen molar-refractivity contribution in [3.05, 3.63) is 77.9 Å². The van der Waals surface area contributed by atoms with Crippen molar-refractivity contribution >= 4 is 29.9 Å². The highest BCUT2D eigenvalue weighted by atomic mass is 127. The summed E-state index contributed by atoms with van der Waals surface area (Å²) in [5, 5.41) is 10.6. The molecule has 0 aliphatic carbocycles. The number of nitrogens with zero attached hydrogens (tertiary/aromatic N) is 4. The molecule has 8 heteroatoms. The molecule has 28 heavy (non-hydrogen) atoms. The van der Waals surface area contributed by atoms with Crippen molar-refractivity contribution in [1.29, 1.82) is 0 Å². The second-order valence-corrected chi connectivity index (χ2v) is 6.00. The maximum atomic E-state index is 5.81. The molecule has 148 valence electrons. The van der Waals surface area contributed by atoms with E-state index in [9.17, 15) is 0 Å². The van der Waals surface area contributed by atoms with Gasteiger partial charge in [-0.1, -0.05) is 42.5 Å². The van der Waals surface area contributed by atoms with Crippen molar-refractivity contribution in [2.75, 3.05) is 7.05 Å². The Hall–Kier alpha value is -2.62. The van der Waals surface area contributed by atoms with Crippen LogP contribution in [0.4, 0.5) is 0 Å². The molecule has 2 aromatic carbocycles. The first-order chi connectivity index (χ1) is 13.2. The smallest absolute Gasteiger partial charge is 0.191 e. The molecule has 3 rings (SSSR count). The van der Waals surface area contributed by atoms with Gasteiger partial charge in [-0.25, -0.2) is 4.98 Å². The van der Waals surface area contributed by atoms with E-state index in [0.717, 1.165) is 22.7 Å². The summed E-state index contributed by atoms with van der Waals surface area (Å²) >= 11 is 0. The molecule has 1 heterocycles. The van der Waals surface area contributed by atoms with Crippen molar-refractivity contribution in [3.8, 4) is 5.75 Å². The van der Waals surface area contributed by atoms with Crippen molar-refractivity contribution < 1.29 is 4.74 Å². The van der Waals surface area contributed by atoms with Gasteiger partial charge >= 0.3 is 0 Å². The van der Waals surface area contributed by atoms with Crippen LogP contribution in [0.5, 0.6) is 5.75 Å². The topological polar surface area (TPSA) is 76.4 Å². The number of rotatable bonds is 7. The quantitative estimate of drug-likeness (QED) is 0.302. The van der Waals surface area contributed by atoms with E-state index in [1.54, 1.807) is 11.7 Å². The zero-order chi connectivity index (χ0) is 18.9. The molecule has 0 spiro atoms. The molecular formula is C20H25IN6O. The molecule has 3 aromatic rings. The van der Waals surface area contributed by atoms with E-state index in [1.807, 2.05) is 49.5 Å². The van der Waals surface area contributed by atoms with Crippen LogP contribution in [0.3, 0.4) is 0 Å². The SMILES string of the molecule is CN=C(NCc1ccc(OCc2ccccc2)cc1)NCc1ncnn1C.I. The van der Waals surface area contributed by atoms with Gasteiger partial charge in [-0.2, -0.15) is 5.10 Å². The summed E-state index contributed by atoms with van der Waals surface area (Å²) < 4.78 is 7.54. The van der Waals surface area contributed by atoms with E-state index in [0.29, 0.717) is 25.7 Å². The van der Waals surface area contributed by atoms with Crippen LogP contribution in [0.15, 0.2) is 65.9 Å². The number of halogens is 1. The summed E-state index contributed by atoms with van der Waals surface area (Å²) in [6, 6.07) is 18.2. The molecule has 0 saturated carbocycles. The van der Waals surface area contributed by atoms with Gasteiger partial charge in [0.05, 0.1) is 6.54 Å². The Bertz CT molecular complexity index is 864. The number of aromatic nitrogens is 3. The van der Waals surface area contributed by atoms with E-state index in [1.165, 1.54) is 6.33 Å². The summed E-state index contributed by atoms with van der Waals surface area (Å²) in [5.74, 6) is 2.41. The fraction of sp³-hybridized carbons (Fsp3) is 0.250. The average molecular weight is 492 g/mol. The van der Waals surface area contributed by atoms with Gasteiger partial charge < -0.3 is 15.4 Å². The van der Waals surface area contributed by atoms with Gasteiger partial charge in [-0.3, -0.25) is 9.67 Å². The molecule has 0 unspecified atom stereocenters. The Morgan fingerprint density at radius 1 is 1.00 bits per heavy atom. The van der Waals surface area contributed by atoms with Gasteiger partial charge in [0.25, 0.3) is 0 Å². The normalized spacial score (nSPS) is 10.9. The van der Waals surface area contributed by atoms with Gasteiger partial charge in [0.15, 0.2) is 5.96 Å². The minimum atomic E-state index is 0. The predicted octanol–water partition coefficient (Wildman–Crippen LogP) is 2.88. The summed E-state index contributed by atoms with van der Waals surface area (Å²) in [6.45, 7) is 1.79. The average Bonchev–Trinajstić information content (AvgIpc) is 3.13. The highest BCUT2D eigenvalue weighted by molar-refractivity contribution is 14.0. The Morgan fingerprint density at radius 2 is 1.71 bits per heavy atom. The highest BCUT2D eigenvalue weighted by Gasteiger charge is 2.03. The number of nitrogens with one attached hydrogen (secondary N) is 2. The number of benzene rings is 2. The van der Waals surface area contributed by atoms with Gasteiger partial charge in [-0.15, -0.1) is 24.0 Å². The van der Waals surface area contributed by atoms with Crippen LogP contribution >= 0.6 is 24.0 Å². The lowest BCUT2D eigenvalue weighted by atomic mass is 10.2. The second kappa shape index (κ2) is 11.3. The Morgan fingerprint density at radius 3 is 2.36 bits per heavy atom. The minimum Gasteiger partial charge on any atom is -0.489 e. The van der Waals surface area contributed by atoms with Crippen LogP contribution in [0, 0.1) is 0 Å². The minimum absolute atomic E-state index is 0. The maximum absolute atomic E-state index is 5.81. The Labute approximate surface area is 182 Å². The Balaban J connectivity index is 0.00000280. The van der Waals surface area contributed by atoms with Crippen molar-refractivity contribution in [3.63, 3.8) is 0 Å². The van der Waals surface area contributed by atoms with Crippen LogP contribution in [-0.4, -0.2) is 27.8 Å². The highest BCUT2D eigenvalue weighted by Crippen LogP contribution is 2.14. The first kappa shape index (κ1) is 21.7. The monoisotopic (exact) mass is 492 g/mol. The van der Waals surface area contributed by atoms with Gasteiger partial charge in [0.1, 0.15) is 24.5 Å². The number of aliphatic imine (C=N–C) groups is 1. The first-order valence-corrected chi connectivity index (χ1v) is 8.77. The lowest BCUT2D eigenvalue weighted by Crippen LogP contribution is -2.36. The molecule has 1 aromatic heterocycles. The van der Waals surface area contributed by atoms with Crippen LogP contribution in [0.2, 0.25) is 0 Å². The summed E-state index contributed by atoms with van der Waals surface area (Å²) in [4.78, 5) is 8.41. The molecule has 0 amide bonds. The van der Waals surface area contributed by atoms with Crippen molar-refractivity contribution in [2.24, 2.45) is 12.0 Å². The van der Waals surface area contributed by atoms with Crippen LogP contribution < -0.4 is 15.4 Å². The standard InChI is InChI=1S/C20H24N6O.HI/c1-21-20(23-13-19-24-15-25-26(19)2)22-12-16-8-10-18(11-9-16)27-14-17-6-4-3-5-7-17;/h3-11,15H,12-14H2,1-2H3,(H2,21,22,23);1H. The van der Waals surface area contributed by atoms with Gasteiger partial charge in [-0.05, 0) is 23.3 Å². The molecule has 0 fully saturated rings. The molecule has 2 N–H and O–H groups in total. The number of guanidine groups is 1. The van der Waals surface area contributed by atoms with Crippen LogP contribution in [-0.2, 0) is 26.7 Å². The largest absolute Gasteiger partial charge is 0.489 e. The lowest BCUT2D eigenvalue weighted by Gasteiger charge is -2.12. The molecule has 0 saturated heterocycles. The molecule has 7 nitrogen and oxygen atoms in total. The summed E-state index contributed by atoms with van der Waals surface area (Å²) in [5.41, 5.74) is 2.30. The fourth-order valence-corrected chi connectivity index (χ4v) is 2.49. The van der Waals surface area contributed by atoms with Crippen LogP contribution in [0.1, 0.15) is 17.0 Å². The van der Waals surface area contributed by atoms with Gasteiger partial charge in [0, 0.05) is 20.6 Å². The number of hydrogen-bond donors (Lipinski definition) is 2. The molecule has 0 radical (unpaired) electrons. The predicted molar refractivity (Wildman–Crippen MR) is 121 cm³/mol. The van der Waals surface area contributed by atoms with E-state index in [-0.39, 0.29) is 24.0 Å². The summed E-state index contributed by atoms with van der Waals surface area (Å²) in [7, 11) is 3.61. The van der Waals surface area contributed by atoms with E-state index in [4.69, 9.17) is 4.74 Å². The fourth-order valence-electron chi connectivity index (χ4n) is 2.49. The molecule has 0 aliphatic rings. The van der Waals surface area contributed by atoms with Crippen LogP contribution in [0.25, 0.3) is 0 Å². The first-order valence-electron chi connectivity index (χ1n) is 8.77. The number of ether oxygens (including phenoxy) is 1. The molecule has 0 bridgehead atoms. The third-order valence-electron chi connectivity index (χ3n) is 4.07. The zero-order valence-electron chi connectivity index (χ0n) is 16.0. The molecule has 0 aliphatic heterocycles. The number of hydrogen-bond acceptors (Lipinski definition) is 4. The second-order valence-electron chi connectivity index (χ2n) is 6.00. The van der Waals surface area contributed by atoms with Crippen molar-refractivity contribution in [1.82, 2.24) is 25.4 Å². The summed E-state index contributed by atoms with van der Waals surface area (Å²) in [6.07, 6.45) is 1.54. The van der Waals surface area contributed by atoms with E-state index in [2.05, 4.69) is 37.8 Å². The maximum Gasteiger partial charge on any atom is 0.191 e. The van der Waals surface area contributed by atoms with Gasteiger partial charge in [0.2, 0.25) is 0 Å². The third kappa shape index (κ3) is 6.52. The number of aryl methyl sites for hydroxylation is 1. The van der Waals surface area contributed by atoms with Crippen molar-refractivity contribution in [2.45, 2.75) is 19.7 Å². The zero-order valence-corrected chi connectivity index (χ0v) is 18.3.